The van der Waals surface area contributed by atoms with Crippen LogP contribution >= 0.6 is 0 Å². The van der Waals surface area contributed by atoms with Crippen LogP contribution in [0.3, 0.4) is 0 Å². The van der Waals surface area contributed by atoms with Gasteiger partial charge in [-0.05, 0) is 30.5 Å². The van der Waals surface area contributed by atoms with Crippen molar-refractivity contribution in [3.05, 3.63) is 23.8 Å². The molecule has 2 heterocycles. The normalized spacial score (nSPS) is 18.4. The molecule has 0 bridgehead atoms. The van der Waals surface area contributed by atoms with Crippen molar-refractivity contribution in [1.29, 1.82) is 0 Å². The number of nitrogens with zero attached hydrogens (tertiary/aromatic N) is 2. The number of guanidine groups is 1. The third kappa shape index (κ3) is 5.75. The molecule has 3 rings (SSSR count). The van der Waals surface area contributed by atoms with Gasteiger partial charge in [0.15, 0.2) is 17.5 Å². The second-order valence-electron chi connectivity index (χ2n) is 6.93. The van der Waals surface area contributed by atoms with Gasteiger partial charge in [0.2, 0.25) is 12.7 Å². The molecule has 1 fully saturated rings. The highest BCUT2D eigenvalue weighted by Gasteiger charge is 2.16. The van der Waals surface area contributed by atoms with E-state index in [0.717, 1.165) is 49.7 Å². The Morgan fingerprint density at radius 1 is 1.26 bits per heavy atom. The quantitative estimate of drug-likeness (QED) is 0.536. The number of benzene rings is 1. The summed E-state index contributed by atoms with van der Waals surface area (Å²) >= 11 is 0. The predicted molar refractivity (Wildman–Crippen MR) is 102 cm³/mol. The molecule has 0 aliphatic carbocycles. The lowest BCUT2D eigenvalue weighted by molar-refractivity contribution is -0.127. The number of rotatable bonds is 7. The van der Waals surface area contributed by atoms with Crippen molar-refractivity contribution in [3.8, 4) is 11.5 Å². The summed E-state index contributed by atoms with van der Waals surface area (Å²) in [5, 5.41) is 6.64. The van der Waals surface area contributed by atoms with Gasteiger partial charge in [0.05, 0.1) is 6.61 Å². The second kappa shape index (κ2) is 9.45. The summed E-state index contributed by atoms with van der Waals surface area (Å²) in [6.07, 6.45) is 1.86. The van der Waals surface area contributed by atoms with Crippen molar-refractivity contribution >= 4 is 11.9 Å². The van der Waals surface area contributed by atoms with E-state index >= 15 is 0 Å². The van der Waals surface area contributed by atoms with Gasteiger partial charge in [-0.15, -0.1) is 0 Å². The zero-order valence-corrected chi connectivity index (χ0v) is 16.0. The molecule has 1 amide bonds. The van der Waals surface area contributed by atoms with Gasteiger partial charge in [0, 0.05) is 39.7 Å². The number of likely N-dealkylation sites (N-methyl/N-ethyl adjacent to an activating group) is 1. The summed E-state index contributed by atoms with van der Waals surface area (Å²) in [4.78, 5) is 17.8. The van der Waals surface area contributed by atoms with E-state index in [4.69, 9.17) is 14.2 Å². The average Bonchev–Trinajstić information content (AvgIpc) is 3.34. The average molecular weight is 376 g/mol. The monoisotopic (exact) mass is 376 g/mol. The van der Waals surface area contributed by atoms with E-state index in [-0.39, 0.29) is 19.2 Å². The van der Waals surface area contributed by atoms with Gasteiger partial charge in [-0.1, -0.05) is 6.07 Å². The third-order valence-electron chi connectivity index (χ3n) is 4.60. The fourth-order valence-electron chi connectivity index (χ4n) is 2.87. The molecule has 1 aromatic carbocycles. The zero-order chi connectivity index (χ0) is 19.1. The van der Waals surface area contributed by atoms with Crippen LogP contribution in [0.5, 0.6) is 11.5 Å². The van der Waals surface area contributed by atoms with Crippen LogP contribution in [0, 0.1) is 5.92 Å². The van der Waals surface area contributed by atoms with Gasteiger partial charge in [-0.3, -0.25) is 4.79 Å². The van der Waals surface area contributed by atoms with Crippen LogP contribution in [0.15, 0.2) is 23.2 Å². The Hall–Kier alpha value is -2.48. The number of fused-ring (bicyclic) bond motifs is 1. The lowest BCUT2D eigenvalue weighted by Crippen LogP contribution is -2.41. The maximum absolute atomic E-state index is 11.8. The molecule has 2 aliphatic rings. The summed E-state index contributed by atoms with van der Waals surface area (Å²) in [5.74, 6) is 2.68. The van der Waals surface area contributed by atoms with Crippen molar-refractivity contribution in [3.63, 3.8) is 0 Å². The Balaban J connectivity index is 1.51. The van der Waals surface area contributed by atoms with Gasteiger partial charge < -0.3 is 29.7 Å². The maximum Gasteiger partial charge on any atom is 0.243 e. The number of hydrogen-bond acceptors (Lipinski definition) is 5. The molecule has 1 unspecified atom stereocenters. The second-order valence-corrected chi connectivity index (χ2v) is 6.93. The maximum atomic E-state index is 11.8. The van der Waals surface area contributed by atoms with E-state index in [1.807, 2.05) is 18.2 Å². The van der Waals surface area contributed by atoms with Crippen molar-refractivity contribution in [1.82, 2.24) is 15.5 Å². The SMILES string of the molecule is CN(C)C(=O)CN=C(NCCc1ccc2c(c1)OCO2)NCC1CCOC1. The van der Waals surface area contributed by atoms with Crippen LogP contribution in [0.2, 0.25) is 0 Å². The molecule has 2 aliphatic heterocycles. The number of hydrogen-bond donors (Lipinski definition) is 2. The first-order valence-electron chi connectivity index (χ1n) is 9.30. The molecule has 2 N–H and O–H groups in total. The highest BCUT2D eigenvalue weighted by atomic mass is 16.7. The minimum absolute atomic E-state index is 0.0314. The lowest BCUT2D eigenvalue weighted by Gasteiger charge is -2.16. The zero-order valence-electron chi connectivity index (χ0n) is 16.0. The lowest BCUT2D eigenvalue weighted by atomic mass is 10.1. The predicted octanol–water partition coefficient (Wildman–Crippen LogP) is 0.618. The molecule has 8 nitrogen and oxygen atoms in total. The van der Waals surface area contributed by atoms with Crippen molar-refractivity contribution in [2.75, 3.05) is 53.7 Å². The molecule has 0 spiro atoms. The van der Waals surface area contributed by atoms with Crippen LogP contribution in [0.1, 0.15) is 12.0 Å². The molecule has 8 heteroatoms. The number of carbonyl (C=O) groups excluding carboxylic acids is 1. The van der Waals surface area contributed by atoms with Crippen LogP contribution in [-0.4, -0.2) is 70.5 Å². The highest BCUT2D eigenvalue weighted by molar-refractivity contribution is 5.84. The Kier molecular flexibility index (Phi) is 6.75. The number of ether oxygens (including phenoxy) is 3. The molecule has 0 radical (unpaired) electrons. The van der Waals surface area contributed by atoms with Gasteiger partial charge >= 0.3 is 0 Å². The molecule has 27 heavy (non-hydrogen) atoms. The summed E-state index contributed by atoms with van der Waals surface area (Å²) < 4.78 is 16.2. The van der Waals surface area contributed by atoms with Gasteiger partial charge in [-0.2, -0.15) is 0 Å². The summed E-state index contributed by atoms with van der Waals surface area (Å²) in [6, 6.07) is 5.96. The summed E-state index contributed by atoms with van der Waals surface area (Å²) in [5.41, 5.74) is 1.15. The molecule has 148 valence electrons. The first kappa shape index (κ1) is 19.3. The third-order valence-corrected chi connectivity index (χ3v) is 4.60. The number of aliphatic imine (C=N–C) groups is 1. The van der Waals surface area contributed by atoms with Crippen molar-refractivity contribution < 1.29 is 19.0 Å². The number of amides is 1. The van der Waals surface area contributed by atoms with Gasteiger partial charge in [0.25, 0.3) is 0 Å². The van der Waals surface area contributed by atoms with Crippen LogP contribution < -0.4 is 20.1 Å². The van der Waals surface area contributed by atoms with E-state index in [1.165, 1.54) is 0 Å². The van der Waals surface area contributed by atoms with E-state index < -0.39 is 0 Å². The van der Waals surface area contributed by atoms with Crippen molar-refractivity contribution in [2.45, 2.75) is 12.8 Å². The van der Waals surface area contributed by atoms with Gasteiger partial charge in [0.1, 0.15) is 6.54 Å². The topological polar surface area (TPSA) is 84.4 Å². The molecular formula is C19H28N4O4. The standard InChI is InChI=1S/C19H28N4O4/c1-23(2)18(24)11-22-19(21-10-15-6-8-25-12-15)20-7-5-14-3-4-16-17(9-14)27-13-26-16/h3-4,9,15H,5-8,10-13H2,1-2H3,(H2,20,21,22). The minimum atomic E-state index is -0.0314. The Morgan fingerprint density at radius 2 is 2.11 bits per heavy atom. The molecular weight excluding hydrogens is 348 g/mol. The Bertz CT molecular complexity index is 672. The first-order valence-corrected chi connectivity index (χ1v) is 9.30. The van der Waals surface area contributed by atoms with Crippen molar-refractivity contribution in [2.24, 2.45) is 10.9 Å². The van der Waals surface area contributed by atoms with E-state index in [9.17, 15) is 4.79 Å². The van der Waals surface area contributed by atoms with Gasteiger partial charge in [-0.25, -0.2) is 4.99 Å². The summed E-state index contributed by atoms with van der Waals surface area (Å²) in [7, 11) is 3.46. The Morgan fingerprint density at radius 3 is 2.89 bits per heavy atom. The summed E-state index contributed by atoms with van der Waals surface area (Å²) in [6.45, 7) is 3.47. The molecule has 1 saturated heterocycles. The smallest absolute Gasteiger partial charge is 0.243 e. The van der Waals surface area contributed by atoms with E-state index in [2.05, 4.69) is 15.6 Å². The fourth-order valence-corrected chi connectivity index (χ4v) is 2.87. The molecule has 1 aromatic rings. The number of nitrogens with one attached hydrogen (secondary N) is 2. The van der Waals surface area contributed by atoms with Crippen LogP contribution in [-0.2, 0) is 16.0 Å². The highest BCUT2D eigenvalue weighted by Crippen LogP contribution is 2.32. The molecule has 1 atom stereocenters. The van der Waals surface area contributed by atoms with Crippen LogP contribution in [0.4, 0.5) is 0 Å². The van der Waals surface area contributed by atoms with E-state index in [0.29, 0.717) is 18.4 Å². The first-order chi connectivity index (χ1) is 13.1. The molecule has 0 aromatic heterocycles. The largest absolute Gasteiger partial charge is 0.454 e. The number of carbonyl (C=O) groups is 1. The van der Waals surface area contributed by atoms with Crippen LogP contribution in [0.25, 0.3) is 0 Å². The fraction of sp³-hybridized carbons (Fsp3) is 0.579. The minimum Gasteiger partial charge on any atom is -0.454 e. The molecule has 0 saturated carbocycles. The van der Waals surface area contributed by atoms with E-state index in [1.54, 1.807) is 19.0 Å². The Labute approximate surface area is 159 Å².